The van der Waals surface area contributed by atoms with Gasteiger partial charge < -0.3 is 10.1 Å². The van der Waals surface area contributed by atoms with E-state index in [4.69, 9.17) is 10.1 Å². The third-order valence-electron chi connectivity index (χ3n) is 2.28. The van der Waals surface area contributed by atoms with Gasteiger partial charge in [0.1, 0.15) is 0 Å². The molecule has 0 unspecified atom stereocenters. The standard InChI is InChI=1S/C11H16N2O/c1-8-6-11(9(2)7-12)13-10(8)4-5-14-3/h7,12H,2,4-6H2,1,3H3. The molecule has 0 aromatic heterocycles. The molecule has 76 valence electrons. The molecule has 0 saturated carbocycles. The Balaban J connectivity index is 2.66. The van der Waals surface area contributed by atoms with Crippen molar-refractivity contribution in [1.82, 2.24) is 0 Å². The van der Waals surface area contributed by atoms with Crippen molar-refractivity contribution >= 4 is 11.9 Å². The van der Waals surface area contributed by atoms with E-state index < -0.39 is 0 Å². The second-order valence-corrected chi connectivity index (χ2v) is 3.37. The lowest BCUT2D eigenvalue weighted by atomic mass is 10.1. The largest absolute Gasteiger partial charge is 0.384 e. The molecule has 14 heavy (non-hydrogen) atoms. The van der Waals surface area contributed by atoms with Crippen LogP contribution in [0.5, 0.6) is 0 Å². The summed E-state index contributed by atoms with van der Waals surface area (Å²) in [4.78, 5) is 4.44. The SMILES string of the molecule is C=C(C=N)C1=NC(CCOC)=C(C)C1. The Morgan fingerprint density at radius 3 is 3.00 bits per heavy atom. The summed E-state index contributed by atoms with van der Waals surface area (Å²) in [6, 6.07) is 0. The first-order valence-corrected chi connectivity index (χ1v) is 4.64. The van der Waals surface area contributed by atoms with Crippen molar-refractivity contribution in [2.75, 3.05) is 13.7 Å². The summed E-state index contributed by atoms with van der Waals surface area (Å²) in [5, 5.41) is 7.09. The van der Waals surface area contributed by atoms with Crippen LogP contribution < -0.4 is 0 Å². The quantitative estimate of drug-likeness (QED) is 0.668. The lowest BCUT2D eigenvalue weighted by Crippen LogP contribution is -1.98. The minimum Gasteiger partial charge on any atom is -0.384 e. The number of methoxy groups -OCH3 is 1. The van der Waals surface area contributed by atoms with Crippen LogP contribution in [0.3, 0.4) is 0 Å². The molecule has 0 amide bonds. The summed E-state index contributed by atoms with van der Waals surface area (Å²) < 4.78 is 5.00. The van der Waals surface area contributed by atoms with Crippen molar-refractivity contribution < 1.29 is 4.74 Å². The Morgan fingerprint density at radius 2 is 2.43 bits per heavy atom. The highest BCUT2D eigenvalue weighted by Gasteiger charge is 2.15. The van der Waals surface area contributed by atoms with Gasteiger partial charge in [-0.15, -0.1) is 0 Å². The van der Waals surface area contributed by atoms with Gasteiger partial charge >= 0.3 is 0 Å². The molecule has 0 fully saturated rings. The predicted molar refractivity (Wildman–Crippen MR) is 59.2 cm³/mol. The topological polar surface area (TPSA) is 45.4 Å². The average molecular weight is 192 g/mol. The van der Waals surface area contributed by atoms with Crippen LogP contribution in [0.2, 0.25) is 0 Å². The van der Waals surface area contributed by atoms with E-state index in [1.807, 2.05) is 0 Å². The number of nitrogens with one attached hydrogen (secondary N) is 1. The normalized spacial score (nSPS) is 15.7. The van der Waals surface area contributed by atoms with E-state index in [-0.39, 0.29) is 0 Å². The predicted octanol–water partition coefficient (Wildman–Crippen LogP) is 2.35. The van der Waals surface area contributed by atoms with Crippen molar-refractivity contribution in [3.63, 3.8) is 0 Å². The lowest BCUT2D eigenvalue weighted by molar-refractivity contribution is 0.202. The first-order chi connectivity index (χ1) is 6.69. The molecule has 1 N–H and O–H groups in total. The molecule has 0 spiro atoms. The highest BCUT2D eigenvalue weighted by atomic mass is 16.5. The fraction of sp³-hybridized carbons (Fsp3) is 0.455. The first-order valence-electron chi connectivity index (χ1n) is 4.64. The van der Waals surface area contributed by atoms with Crippen LogP contribution in [-0.2, 0) is 4.74 Å². The number of rotatable bonds is 5. The number of nitrogens with zero attached hydrogens (tertiary/aromatic N) is 1. The summed E-state index contributed by atoms with van der Waals surface area (Å²) >= 11 is 0. The van der Waals surface area contributed by atoms with E-state index in [0.717, 1.165) is 24.3 Å². The molecule has 3 heteroatoms. The van der Waals surface area contributed by atoms with E-state index in [1.165, 1.54) is 11.8 Å². The van der Waals surface area contributed by atoms with Crippen molar-refractivity contribution in [3.05, 3.63) is 23.4 Å². The molecule has 0 aromatic carbocycles. The number of hydrogen-bond acceptors (Lipinski definition) is 3. The molecule has 0 aliphatic carbocycles. The molecule has 0 atom stereocenters. The van der Waals surface area contributed by atoms with E-state index in [0.29, 0.717) is 12.2 Å². The number of allylic oxidation sites excluding steroid dienone is 2. The summed E-state index contributed by atoms with van der Waals surface area (Å²) in [6.07, 6.45) is 2.93. The Hall–Kier alpha value is -1.22. The number of hydrogen-bond donors (Lipinski definition) is 1. The van der Waals surface area contributed by atoms with Crippen LogP contribution in [0.25, 0.3) is 0 Å². The van der Waals surface area contributed by atoms with E-state index in [1.54, 1.807) is 7.11 Å². The van der Waals surface area contributed by atoms with Gasteiger partial charge in [-0.25, -0.2) is 0 Å². The Kier molecular flexibility index (Phi) is 3.77. The maximum atomic E-state index is 7.09. The summed E-state index contributed by atoms with van der Waals surface area (Å²) in [6.45, 7) is 6.54. The Labute approximate surface area is 84.7 Å². The summed E-state index contributed by atoms with van der Waals surface area (Å²) in [5.41, 5.74) is 3.98. The monoisotopic (exact) mass is 192 g/mol. The second-order valence-electron chi connectivity index (χ2n) is 3.37. The Bertz CT molecular complexity index is 313. The molecule has 3 nitrogen and oxygen atoms in total. The van der Waals surface area contributed by atoms with Gasteiger partial charge in [0.15, 0.2) is 0 Å². The summed E-state index contributed by atoms with van der Waals surface area (Å²) in [7, 11) is 1.69. The molecular formula is C11H16N2O. The number of ether oxygens (including phenoxy) is 1. The highest BCUT2D eigenvalue weighted by molar-refractivity contribution is 6.16. The molecule has 0 aromatic rings. The van der Waals surface area contributed by atoms with E-state index in [2.05, 4.69) is 18.5 Å². The fourth-order valence-corrected chi connectivity index (χ4v) is 1.39. The van der Waals surface area contributed by atoms with Crippen LogP contribution >= 0.6 is 0 Å². The van der Waals surface area contributed by atoms with Crippen LogP contribution in [0.15, 0.2) is 28.4 Å². The van der Waals surface area contributed by atoms with Crippen LogP contribution in [0.4, 0.5) is 0 Å². The van der Waals surface area contributed by atoms with Gasteiger partial charge in [0.2, 0.25) is 0 Å². The van der Waals surface area contributed by atoms with Gasteiger partial charge in [-0.3, -0.25) is 4.99 Å². The zero-order valence-corrected chi connectivity index (χ0v) is 8.76. The molecule has 0 radical (unpaired) electrons. The van der Waals surface area contributed by atoms with Crippen molar-refractivity contribution in [1.29, 1.82) is 5.41 Å². The van der Waals surface area contributed by atoms with Crippen molar-refractivity contribution in [2.24, 2.45) is 4.99 Å². The minimum absolute atomic E-state index is 0.695. The van der Waals surface area contributed by atoms with E-state index in [9.17, 15) is 0 Å². The molecule has 1 aliphatic heterocycles. The van der Waals surface area contributed by atoms with Crippen LogP contribution in [0.1, 0.15) is 19.8 Å². The van der Waals surface area contributed by atoms with Gasteiger partial charge in [-0.2, -0.15) is 0 Å². The molecule has 0 saturated heterocycles. The fourth-order valence-electron chi connectivity index (χ4n) is 1.39. The van der Waals surface area contributed by atoms with Crippen LogP contribution in [0, 0.1) is 5.41 Å². The minimum atomic E-state index is 0.695. The maximum absolute atomic E-state index is 7.09. The maximum Gasteiger partial charge on any atom is 0.0529 e. The first kappa shape index (κ1) is 10.9. The summed E-state index contributed by atoms with van der Waals surface area (Å²) in [5.74, 6) is 0. The highest BCUT2D eigenvalue weighted by Crippen LogP contribution is 2.24. The molecule has 1 aliphatic rings. The van der Waals surface area contributed by atoms with Crippen LogP contribution in [-0.4, -0.2) is 25.6 Å². The molecule has 0 bridgehead atoms. The molecular weight excluding hydrogens is 176 g/mol. The van der Waals surface area contributed by atoms with E-state index >= 15 is 0 Å². The molecule has 1 rings (SSSR count). The van der Waals surface area contributed by atoms with Crippen molar-refractivity contribution in [3.8, 4) is 0 Å². The van der Waals surface area contributed by atoms with Gasteiger partial charge in [-0.05, 0) is 12.5 Å². The van der Waals surface area contributed by atoms with Crippen molar-refractivity contribution in [2.45, 2.75) is 19.8 Å². The third kappa shape index (κ3) is 2.39. The van der Waals surface area contributed by atoms with Gasteiger partial charge in [0.25, 0.3) is 0 Å². The number of aliphatic imine (C=N–C) groups is 1. The van der Waals surface area contributed by atoms with Gasteiger partial charge in [0.05, 0.1) is 12.3 Å². The smallest absolute Gasteiger partial charge is 0.0529 e. The third-order valence-corrected chi connectivity index (χ3v) is 2.28. The van der Waals surface area contributed by atoms with Gasteiger partial charge in [0, 0.05) is 37.4 Å². The zero-order chi connectivity index (χ0) is 10.6. The molecule has 1 heterocycles. The zero-order valence-electron chi connectivity index (χ0n) is 8.76. The Morgan fingerprint density at radius 1 is 1.71 bits per heavy atom. The second kappa shape index (κ2) is 4.86. The average Bonchev–Trinajstić information content (AvgIpc) is 2.56. The van der Waals surface area contributed by atoms with Gasteiger partial charge in [-0.1, -0.05) is 6.58 Å². The lowest BCUT2D eigenvalue weighted by Gasteiger charge is -1.98.